The minimum atomic E-state index is -0.565. The van der Waals surface area contributed by atoms with Crippen molar-refractivity contribution in [2.24, 2.45) is 0 Å². The van der Waals surface area contributed by atoms with Crippen LogP contribution in [0.15, 0.2) is 18.2 Å². The van der Waals surface area contributed by atoms with Crippen molar-refractivity contribution in [3.63, 3.8) is 0 Å². The van der Waals surface area contributed by atoms with Crippen LogP contribution >= 0.6 is 11.3 Å². The predicted molar refractivity (Wildman–Crippen MR) is 74.4 cm³/mol. The summed E-state index contributed by atoms with van der Waals surface area (Å²) in [5, 5.41) is 0.483. The summed E-state index contributed by atoms with van der Waals surface area (Å²) in [7, 11) is 0. The average Bonchev–Trinajstić information content (AvgIpc) is 2.57. The molecule has 0 atom stereocenters. The van der Waals surface area contributed by atoms with Crippen molar-refractivity contribution in [2.45, 2.75) is 32.6 Å². The molecule has 0 unspecified atom stereocenters. The molecular formula is C14H16F2N2S. The monoisotopic (exact) mass is 282 g/mol. The SMILES string of the molecule is CC(C)(C)c1nc(N)sc1Cc1cc(F)cc(F)c1. The van der Waals surface area contributed by atoms with Gasteiger partial charge in [-0.3, -0.25) is 0 Å². The molecule has 102 valence electrons. The Balaban J connectivity index is 2.38. The van der Waals surface area contributed by atoms with Crippen molar-refractivity contribution < 1.29 is 8.78 Å². The lowest BCUT2D eigenvalue weighted by atomic mass is 9.90. The van der Waals surface area contributed by atoms with Gasteiger partial charge in [-0.15, -0.1) is 11.3 Å². The standard InChI is InChI=1S/C14H16F2N2S/c1-14(2,3)12-11(19-13(17)18-12)6-8-4-9(15)7-10(16)5-8/h4-5,7H,6H2,1-3H3,(H2,17,18). The Kier molecular flexibility index (Phi) is 3.58. The van der Waals surface area contributed by atoms with Crippen molar-refractivity contribution in [1.82, 2.24) is 4.98 Å². The van der Waals surface area contributed by atoms with Gasteiger partial charge in [-0.2, -0.15) is 0 Å². The van der Waals surface area contributed by atoms with Gasteiger partial charge in [-0.05, 0) is 17.7 Å². The molecule has 1 aromatic heterocycles. The molecule has 0 bridgehead atoms. The van der Waals surface area contributed by atoms with Crippen LogP contribution in [-0.2, 0) is 11.8 Å². The smallest absolute Gasteiger partial charge is 0.180 e. The zero-order valence-electron chi connectivity index (χ0n) is 11.1. The van der Waals surface area contributed by atoms with Crippen LogP contribution in [0.2, 0.25) is 0 Å². The van der Waals surface area contributed by atoms with Crippen LogP contribution in [0.4, 0.5) is 13.9 Å². The number of rotatable bonds is 2. The van der Waals surface area contributed by atoms with Crippen molar-refractivity contribution in [1.29, 1.82) is 0 Å². The van der Waals surface area contributed by atoms with Gasteiger partial charge in [0.2, 0.25) is 0 Å². The summed E-state index contributed by atoms with van der Waals surface area (Å²) in [6.07, 6.45) is 0.441. The Morgan fingerprint density at radius 3 is 2.26 bits per heavy atom. The molecule has 2 nitrogen and oxygen atoms in total. The maximum absolute atomic E-state index is 13.2. The zero-order chi connectivity index (χ0) is 14.2. The molecule has 5 heteroatoms. The van der Waals surface area contributed by atoms with Crippen LogP contribution < -0.4 is 5.73 Å². The van der Waals surface area contributed by atoms with Crippen LogP contribution in [-0.4, -0.2) is 4.98 Å². The molecule has 0 aliphatic carbocycles. The molecule has 1 heterocycles. The first-order chi connectivity index (χ1) is 8.75. The summed E-state index contributed by atoms with van der Waals surface area (Å²) in [5.74, 6) is -1.13. The van der Waals surface area contributed by atoms with Crippen LogP contribution in [0.3, 0.4) is 0 Å². The number of hydrogen-bond donors (Lipinski definition) is 1. The number of anilines is 1. The minimum absolute atomic E-state index is 0.144. The van der Waals surface area contributed by atoms with E-state index >= 15 is 0 Å². The third-order valence-corrected chi connectivity index (χ3v) is 3.60. The second-order valence-electron chi connectivity index (χ2n) is 5.53. The molecular weight excluding hydrogens is 266 g/mol. The Labute approximate surface area is 115 Å². The number of hydrogen-bond acceptors (Lipinski definition) is 3. The van der Waals surface area contributed by atoms with Gasteiger partial charge in [0, 0.05) is 22.8 Å². The van der Waals surface area contributed by atoms with Crippen molar-refractivity contribution in [2.75, 3.05) is 5.73 Å². The molecule has 2 N–H and O–H groups in total. The molecule has 0 aliphatic rings. The Morgan fingerprint density at radius 1 is 1.16 bits per heavy atom. The highest BCUT2D eigenvalue weighted by molar-refractivity contribution is 7.15. The molecule has 0 aliphatic heterocycles. The van der Waals surface area contributed by atoms with E-state index in [1.807, 2.05) is 20.8 Å². The topological polar surface area (TPSA) is 38.9 Å². The molecule has 0 amide bonds. The number of thiazole rings is 1. The maximum atomic E-state index is 13.2. The lowest BCUT2D eigenvalue weighted by Gasteiger charge is -2.17. The van der Waals surface area contributed by atoms with E-state index < -0.39 is 11.6 Å². The fourth-order valence-corrected chi connectivity index (χ4v) is 3.05. The highest BCUT2D eigenvalue weighted by atomic mass is 32.1. The van der Waals surface area contributed by atoms with Crippen LogP contribution in [0.25, 0.3) is 0 Å². The van der Waals surface area contributed by atoms with Crippen LogP contribution in [0.1, 0.15) is 36.9 Å². The zero-order valence-corrected chi connectivity index (χ0v) is 11.9. The van der Waals surface area contributed by atoms with Gasteiger partial charge in [-0.1, -0.05) is 20.8 Å². The number of halogens is 2. The Hall–Kier alpha value is -1.49. The summed E-state index contributed by atoms with van der Waals surface area (Å²) in [6, 6.07) is 3.55. The van der Waals surface area contributed by atoms with Gasteiger partial charge < -0.3 is 5.73 Å². The van der Waals surface area contributed by atoms with Gasteiger partial charge in [0.05, 0.1) is 5.69 Å². The number of nitrogen functional groups attached to an aromatic ring is 1. The van der Waals surface area contributed by atoms with Crippen LogP contribution in [0.5, 0.6) is 0 Å². The molecule has 2 rings (SSSR count). The molecule has 0 spiro atoms. The predicted octanol–water partition coefficient (Wildman–Crippen LogP) is 3.89. The highest BCUT2D eigenvalue weighted by Gasteiger charge is 2.22. The fraction of sp³-hybridized carbons (Fsp3) is 0.357. The summed E-state index contributed by atoms with van der Waals surface area (Å²) in [4.78, 5) is 5.29. The molecule has 0 radical (unpaired) electrons. The molecule has 0 saturated carbocycles. The second-order valence-corrected chi connectivity index (χ2v) is 6.64. The van der Waals surface area contributed by atoms with Crippen LogP contribution in [0, 0.1) is 11.6 Å². The lowest BCUT2D eigenvalue weighted by Crippen LogP contribution is -2.14. The maximum Gasteiger partial charge on any atom is 0.180 e. The van der Waals surface area contributed by atoms with Gasteiger partial charge in [-0.25, -0.2) is 13.8 Å². The molecule has 2 aromatic rings. The van der Waals surface area contributed by atoms with E-state index in [2.05, 4.69) is 4.98 Å². The second kappa shape index (κ2) is 4.89. The van der Waals surface area contributed by atoms with Gasteiger partial charge >= 0.3 is 0 Å². The quantitative estimate of drug-likeness (QED) is 0.907. The molecule has 0 fully saturated rings. The van der Waals surface area contributed by atoms with Crippen molar-refractivity contribution >= 4 is 16.5 Å². The van der Waals surface area contributed by atoms with Gasteiger partial charge in [0.25, 0.3) is 0 Å². The molecule has 19 heavy (non-hydrogen) atoms. The van der Waals surface area contributed by atoms with E-state index in [9.17, 15) is 8.78 Å². The molecule has 1 aromatic carbocycles. The Morgan fingerprint density at radius 2 is 1.74 bits per heavy atom. The first kappa shape index (κ1) is 13.9. The van der Waals surface area contributed by atoms with Gasteiger partial charge in [0.15, 0.2) is 5.13 Å². The summed E-state index contributed by atoms with van der Waals surface area (Å²) >= 11 is 1.37. The van der Waals surface area contributed by atoms with E-state index in [4.69, 9.17) is 5.73 Å². The van der Waals surface area contributed by atoms with E-state index in [1.165, 1.54) is 23.5 Å². The normalized spacial score (nSPS) is 11.8. The minimum Gasteiger partial charge on any atom is -0.375 e. The highest BCUT2D eigenvalue weighted by Crippen LogP contribution is 2.32. The lowest BCUT2D eigenvalue weighted by molar-refractivity contribution is 0.567. The van der Waals surface area contributed by atoms with E-state index in [0.29, 0.717) is 17.1 Å². The Bertz CT molecular complexity index is 580. The summed E-state index contributed by atoms with van der Waals surface area (Å²) < 4.78 is 26.4. The average molecular weight is 282 g/mol. The third-order valence-electron chi connectivity index (χ3n) is 2.71. The summed E-state index contributed by atoms with van der Waals surface area (Å²) in [5.41, 5.74) is 7.08. The van der Waals surface area contributed by atoms with Crippen molar-refractivity contribution in [3.05, 3.63) is 46.0 Å². The third kappa shape index (κ3) is 3.29. The number of nitrogens with zero attached hydrogens (tertiary/aromatic N) is 1. The van der Waals surface area contributed by atoms with E-state index in [1.54, 1.807) is 0 Å². The first-order valence-corrected chi connectivity index (χ1v) is 6.78. The van der Waals surface area contributed by atoms with E-state index in [-0.39, 0.29) is 5.41 Å². The molecule has 0 saturated heterocycles. The van der Waals surface area contributed by atoms with Crippen molar-refractivity contribution in [3.8, 4) is 0 Å². The number of aromatic nitrogens is 1. The number of benzene rings is 1. The largest absolute Gasteiger partial charge is 0.375 e. The number of nitrogens with two attached hydrogens (primary N) is 1. The summed E-state index contributed by atoms with van der Waals surface area (Å²) in [6.45, 7) is 6.12. The van der Waals surface area contributed by atoms with E-state index in [0.717, 1.165) is 16.6 Å². The fourth-order valence-electron chi connectivity index (χ4n) is 1.97. The van der Waals surface area contributed by atoms with Gasteiger partial charge in [0.1, 0.15) is 11.6 Å². The first-order valence-electron chi connectivity index (χ1n) is 5.96.